The fourth-order valence-electron chi connectivity index (χ4n) is 3.50. The predicted octanol–water partition coefficient (Wildman–Crippen LogP) is 3.79. The molecule has 5 heteroatoms. The molecular formula is C20H18FNO3. The van der Waals surface area contributed by atoms with Crippen molar-refractivity contribution < 1.29 is 18.7 Å². The summed E-state index contributed by atoms with van der Waals surface area (Å²) in [4.78, 5) is 12.7. The van der Waals surface area contributed by atoms with Gasteiger partial charge in [-0.3, -0.25) is 4.79 Å². The van der Waals surface area contributed by atoms with Crippen molar-refractivity contribution in [2.75, 3.05) is 11.9 Å². The highest BCUT2D eigenvalue weighted by molar-refractivity contribution is 6.05. The lowest BCUT2D eigenvalue weighted by atomic mass is 9.85. The molecule has 0 aliphatic carbocycles. The fourth-order valence-corrected chi connectivity index (χ4v) is 3.50. The van der Waals surface area contributed by atoms with Gasteiger partial charge in [0.1, 0.15) is 24.3 Å². The summed E-state index contributed by atoms with van der Waals surface area (Å²) in [6.45, 7) is 2.19. The number of carbonyl (C=O) groups excluding carboxylic acids is 1. The van der Waals surface area contributed by atoms with E-state index < -0.39 is 11.7 Å². The Morgan fingerprint density at radius 3 is 2.96 bits per heavy atom. The first kappa shape index (κ1) is 15.8. The molecule has 25 heavy (non-hydrogen) atoms. The maximum Gasteiger partial charge on any atom is 0.261 e. The van der Waals surface area contributed by atoms with Gasteiger partial charge in [-0.15, -0.1) is 0 Å². The Morgan fingerprint density at radius 2 is 2.12 bits per heavy atom. The maximum absolute atomic E-state index is 13.3. The first-order valence-electron chi connectivity index (χ1n) is 8.21. The number of carbonyl (C=O) groups is 1. The van der Waals surface area contributed by atoms with Crippen molar-refractivity contribution in [1.82, 2.24) is 0 Å². The van der Waals surface area contributed by atoms with Crippen LogP contribution in [-0.4, -0.2) is 18.6 Å². The number of fused-ring (bicyclic) bond motifs is 2. The van der Waals surface area contributed by atoms with Gasteiger partial charge in [-0.25, -0.2) is 4.39 Å². The van der Waals surface area contributed by atoms with E-state index in [1.54, 1.807) is 12.1 Å². The summed E-state index contributed by atoms with van der Waals surface area (Å²) < 4.78 is 25.1. The molecular weight excluding hydrogens is 321 g/mol. The van der Waals surface area contributed by atoms with Crippen LogP contribution < -0.4 is 10.1 Å². The first-order chi connectivity index (χ1) is 12.1. The van der Waals surface area contributed by atoms with Crippen LogP contribution in [-0.2, 0) is 15.1 Å². The molecule has 1 amide bonds. The highest BCUT2D eigenvalue weighted by atomic mass is 19.1. The third-order valence-corrected chi connectivity index (χ3v) is 4.54. The van der Waals surface area contributed by atoms with Crippen LogP contribution in [0.15, 0.2) is 60.2 Å². The number of hydrogen-bond donors (Lipinski definition) is 1. The van der Waals surface area contributed by atoms with E-state index in [1.165, 1.54) is 12.1 Å². The molecule has 2 aromatic carbocycles. The number of halogens is 1. The largest absolute Gasteiger partial charge is 0.490 e. The van der Waals surface area contributed by atoms with Crippen molar-refractivity contribution in [2.45, 2.75) is 25.0 Å². The second-order valence-electron chi connectivity index (χ2n) is 6.44. The van der Waals surface area contributed by atoms with Gasteiger partial charge in [0.2, 0.25) is 0 Å². The normalized spacial score (nSPS) is 24.6. The lowest BCUT2D eigenvalue weighted by Gasteiger charge is -2.35. The topological polar surface area (TPSA) is 47.6 Å². The minimum Gasteiger partial charge on any atom is -0.490 e. The maximum atomic E-state index is 13.3. The number of benzene rings is 2. The van der Waals surface area contributed by atoms with Crippen LogP contribution in [0.1, 0.15) is 18.9 Å². The summed E-state index contributed by atoms with van der Waals surface area (Å²) in [5, 5.41) is 2.90. The van der Waals surface area contributed by atoms with Crippen LogP contribution in [0.2, 0.25) is 0 Å². The third-order valence-electron chi connectivity index (χ3n) is 4.54. The number of hydrogen-bond acceptors (Lipinski definition) is 3. The van der Waals surface area contributed by atoms with Crippen LogP contribution in [0.5, 0.6) is 5.75 Å². The summed E-state index contributed by atoms with van der Waals surface area (Å²) in [6.07, 6.45) is 2.07. The van der Waals surface area contributed by atoms with Gasteiger partial charge < -0.3 is 14.8 Å². The molecule has 2 aromatic rings. The highest BCUT2D eigenvalue weighted by Crippen LogP contribution is 2.45. The number of ether oxygens (including phenoxy) is 2. The molecule has 2 heterocycles. The summed E-state index contributed by atoms with van der Waals surface area (Å²) in [7, 11) is 0. The molecule has 2 aliphatic rings. The number of nitrogens with one attached hydrogen (secondary N) is 1. The third kappa shape index (κ3) is 2.81. The van der Waals surface area contributed by atoms with E-state index in [4.69, 9.17) is 9.47 Å². The van der Waals surface area contributed by atoms with E-state index in [0.717, 1.165) is 16.8 Å². The van der Waals surface area contributed by atoms with Crippen LogP contribution in [0.25, 0.3) is 0 Å². The molecule has 0 bridgehead atoms. The monoisotopic (exact) mass is 339 g/mol. The van der Waals surface area contributed by atoms with Gasteiger partial charge in [0, 0.05) is 23.7 Å². The van der Waals surface area contributed by atoms with Crippen LogP contribution >= 0.6 is 0 Å². The van der Waals surface area contributed by atoms with Gasteiger partial charge in [0.25, 0.3) is 5.91 Å². The van der Waals surface area contributed by atoms with Gasteiger partial charge in [-0.05, 0) is 25.1 Å². The molecule has 4 nitrogen and oxygen atoms in total. The zero-order valence-electron chi connectivity index (χ0n) is 13.8. The Bertz CT molecular complexity index is 864. The van der Waals surface area contributed by atoms with Crippen molar-refractivity contribution in [3.05, 3.63) is 71.6 Å². The average Bonchev–Trinajstić information content (AvgIpc) is 2.84. The Balaban J connectivity index is 1.58. The molecule has 0 radical (unpaired) electrons. The van der Waals surface area contributed by atoms with Crippen LogP contribution in [0.4, 0.5) is 10.1 Å². The van der Waals surface area contributed by atoms with Crippen molar-refractivity contribution in [2.24, 2.45) is 0 Å². The number of anilines is 1. The van der Waals surface area contributed by atoms with Gasteiger partial charge in [0.05, 0.1) is 0 Å². The lowest BCUT2D eigenvalue weighted by molar-refractivity contribution is -0.151. The zero-order chi connectivity index (χ0) is 17.4. The molecule has 128 valence electrons. The van der Waals surface area contributed by atoms with Crippen molar-refractivity contribution in [3.8, 4) is 5.75 Å². The van der Waals surface area contributed by atoms with Gasteiger partial charge in [-0.2, -0.15) is 0 Å². The minimum atomic E-state index is -1.02. The smallest absolute Gasteiger partial charge is 0.261 e. The number of para-hydroxylation sites is 1. The van der Waals surface area contributed by atoms with Crippen molar-refractivity contribution >= 4 is 11.6 Å². The lowest BCUT2D eigenvalue weighted by Crippen LogP contribution is -2.44. The SMILES string of the molecule is CC1=C[C@@H](COc2cccc(F)c2)O[C@@]2(C1)C(=O)Nc1ccccc12. The van der Waals surface area contributed by atoms with E-state index in [2.05, 4.69) is 5.32 Å². The van der Waals surface area contributed by atoms with E-state index in [0.29, 0.717) is 12.2 Å². The van der Waals surface area contributed by atoms with Gasteiger partial charge in [0.15, 0.2) is 5.60 Å². The molecule has 0 unspecified atom stereocenters. The Labute approximate surface area is 145 Å². The van der Waals surface area contributed by atoms with E-state index in [-0.39, 0.29) is 18.3 Å². The second-order valence-corrected chi connectivity index (χ2v) is 6.44. The molecule has 4 rings (SSSR count). The van der Waals surface area contributed by atoms with Gasteiger partial charge >= 0.3 is 0 Å². The Kier molecular flexibility index (Phi) is 3.81. The molecule has 0 fully saturated rings. The average molecular weight is 339 g/mol. The molecule has 0 aromatic heterocycles. The summed E-state index contributed by atoms with van der Waals surface area (Å²) >= 11 is 0. The van der Waals surface area contributed by atoms with Gasteiger partial charge in [-0.1, -0.05) is 35.9 Å². The quantitative estimate of drug-likeness (QED) is 0.866. The van der Waals surface area contributed by atoms with E-state index in [1.807, 2.05) is 37.3 Å². The minimum absolute atomic E-state index is 0.156. The van der Waals surface area contributed by atoms with Crippen LogP contribution in [0, 0.1) is 5.82 Å². The zero-order valence-corrected chi connectivity index (χ0v) is 13.8. The summed E-state index contributed by atoms with van der Waals surface area (Å²) in [5.74, 6) is -0.0724. The Hall–Kier alpha value is -2.66. The first-order valence-corrected chi connectivity index (χ1v) is 8.21. The summed E-state index contributed by atoms with van der Waals surface area (Å²) in [6, 6.07) is 13.5. The molecule has 2 aliphatic heterocycles. The van der Waals surface area contributed by atoms with E-state index >= 15 is 0 Å². The van der Waals surface area contributed by atoms with E-state index in [9.17, 15) is 9.18 Å². The molecule has 0 saturated heterocycles. The number of rotatable bonds is 3. The standard InChI is InChI=1S/C20H18FNO3/c1-13-9-16(12-24-15-6-4-5-14(21)10-15)25-20(11-13)17-7-2-3-8-18(17)22-19(20)23/h2-10,16H,11-12H2,1H3,(H,22,23)/t16-,20+/m0/s1. The Morgan fingerprint density at radius 1 is 1.28 bits per heavy atom. The fraction of sp³-hybridized carbons (Fsp3) is 0.250. The van der Waals surface area contributed by atoms with Crippen LogP contribution in [0.3, 0.4) is 0 Å². The predicted molar refractivity (Wildman–Crippen MR) is 91.9 cm³/mol. The highest BCUT2D eigenvalue weighted by Gasteiger charge is 2.50. The second kappa shape index (κ2) is 6.01. The molecule has 0 saturated carbocycles. The molecule has 1 spiro atoms. The number of amides is 1. The van der Waals surface area contributed by atoms with Crippen molar-refractivity contribution in [1.29, 1.82) is 0 Å². The molecule has 1 N–H and O–H groups in total. The van der Waals surface area contributed by atoms with Crippen molar-refractivity contribution in [3.63, 3.8) is 0 Å². The molecule has 2 atom stereocenters. The summed E-state index contributed by atoms with van der Waals surface area (Å²) in [5.41, 5.74) is 1.67.